The molecule has 0 aliphatic heterocycles. The van der Waals surface area contributed by atoms with Gasteiger partial charge < -0.3 is 13.6 Å². The Morgan fingerprint density at radius 1 is 0.857 bits per heavy atom. The summed E-state index contributed by atoms with van der Waals surface area (Å²) in [6, 6.07) is 4.39. The van der Waals surface area contributed by atoms with Crippen molar-refractivity contribution in [3.63, 3.8) is 0 Å². The van der Waals surface area contributed by atoms with E-state index in [-0.39, 0.29) is 10.1 Å². The number of allylic oxidation sites excluding steroid dienone is 4. The first kappa shape index (κ1) is 31.7. The van der Waals surface area contributed by atoms with Gasteiger partial charge in [-0.25, -0.2) is 0 Å². The second kappa shape index (κ2) is 12.3. The van der Waals surface area contributed by atoms with E-state index in [4.69, 9.17) is 13.6 Å². The van der Waals surface area contributed by atoms with Crippen molar-refractivity contribution in [3.8, 4) is 11.5 Å². The van der Waals surface area contributed by atoms with Crippen LogP contribution in [0.15, 0.2) is 35.4 Å². The van der Waals surface area contributed by atoms with E-state index < -0.39 is 16.6 Å². The Morgan fingerprint density at radius 3 is 1.91 bits per heavy atom. The Balaban J connectivity index is 3.40. The first-order valence-corrected chi connectivity index (χ1v) is 18.9. The van der Waals surface area contributed by atoms with Gasteiger partial charge in [-0.2, -0.15) is 0 Å². The summed E-state index contributed by atoms with van der Waals surface area (Å²) in [4.78, 5) is 0. The Hall–Kier alpha value is -1.31. The van der Waals surface area contributed by atoms with Gasteiger partial charge in [0.05, 0.1) is 13.7 Å². The van der Waals surface area contributed by atoms with Gasteiger partial charge in [0.25, 0.3) is 8.32 Å². The van der Waals surface area contributed by atoms with Crippen molar-refractivity contribution in [2.75, 3.05) is 7.11 Å². The zero-order valence-electron chi connectivity index (χ0n) is 25.4. The first-order chi connectivity index (χ1) is 15.8. The Morgan fingerprint density at radius 2 is 1.43 bits per heavy atom. The summed E-state index contributed by atoms with van der Waals surface area (Å²) in [5.41, 5.74) is 5.12. The van der Waals surface area contributed by atoms with Crippen LogP contribution in [0, 0.1) is 0 Å². The van der Waals surface area contributed by atoms with Gasteiger partial charge >= 0.3 is 0 Å². The molecule has 0 aliphatic carbocycles. The highest BCUT2D eigenvalue weighted by atomic mass is 28.4. The van der Waals surface area contributed by atoms with Crippen LogP contribution in [0.5, 0.6) is 11.5 Å². The molecule has 0 heterocycles. The van der Waals surface area contributed by atoms with Crippen molar-refractivity contribution in [1.29, 1.82) is 0 Å². The standard InChI is InChI=1S/C30H54O3Si2/c1-23(2)16-15-17-24(3)18-19-26-20-25(22-32-34(11,12)29(4,5)6)21-27(31-10)28(26)33-35(13,14)30(7,8)9/h16,18,20-21H,15,17,19,22H2,1-14H3/b24-18+. The molecule has 1 aromatic rings. The molecule has 0 atom stereocenters. The molecule has 3 nitrogen and oxygen atoms in total. The monoisotopic (exact) mass is 518 g/mol. The minimum atomic E-state index is -2.04. The van der Waals surface area contributed by atoms with Crippen LogP contribution in [-0.4, -0.2) is 23.7 Å². The van der Waals surface area contributed by atoms with Crippen LogP contribution in [0.4, 0.5) is 0 Å². The molecule has 0 aromatic heterocycles. The van der Waals surface area contributed by atoms with Crippen LogP contribution < -0.4 is 9.16 Å². The van der Waals surface area contributed by atoms with E-state index in [9.17, 15) is 0 Å². The molecule has 5 heteroatoms. The van der Waals surface area contributed by atoms with Gasteiger partial charge in [0, 0.05) is 5.56 Å². The topological polar surface area (TPSA) is 27.7 Å². The van der Waals surface area contributed by atoms with Crippen LogP contribution in [0.1, 0.15) is 86.3 Å². The van der Waals surface area contributed by atoms with Crippen molar-refractivity contribution in [1.82, 2.24) is 0 Å². The molecule has 0 spiro atoms. The smallest absolute Gasteiger partial charge is 0.250 e. The second-order valence-electron chi connectivity index (χ2n) is 13.3. The molecule has 0 radical (unpaired) electrons. The van der Waals surface area contributed by atoms with E-state index in [1.807, 2.05) is 0 Å². The molecule has 0 aliphatic rings. The predicted octanol–water partition coefficient (Wildman–Crippen LogP) is 9.84. The highest BCUT2D eigenvalue weighted by molar-refractivity contribution is 6.75. The third-order valence-electron chi connectivity index (χ3n) is 7.74. The summed E-state index contributed by atoms with van der Waals surface area (Å²) in [6.45, 7) is 30.0. The van der Waals surface area contributed by atoms with Crippen molar-refractivity contribution in [2.24, 2.45) is 0 Å². The largest absolute Gasteiger partial charge is 0.541 e. The highest BCUT2D eigenvalue weighted by Crippen LogP contribution is 2.43. The van der Waals surface area contributed by atoms with E-state index in [0.29, 0.717) is 6.61 Å². The molecule has 35 heavy (non-hydrogen) atoms. The lowest BCUT2D eigenvalue weighted by molar-refractivity contribution is 0.275. The lowest BCUT2D eigenvalue weighted by atomic mass is 10.0. The predicted molar refractivity (Wildman–Crippen MR) is 159 cm³/mol. The number of benzene rings is 1. The fourth-order valence-corrected chi connectivity index (χ4v) is 5.10. The average molecular weight is 519 g/mol. The summed E-state index contributed by atoms with van der Waals surface area (Å²) in [5, 5.41) is 0.284. The third-order valence-corrected chi connectivity index (χ3v) is 16.5. The normalized spacial score (nSPS) is 13.6. The van der Waals surface area contributed by atoms with Crippen molar-refractivity contribution in [2.45, 2.75) is 124 Å². The molecule has 0 saturated carbocycles. The first-order valence-electron chi connectivity index (χ1n) is 13.1. The molecule has 1 rings (SSSR count). The van der Waals surface area contributed by atoms with Crippen molar-refractivity contribution in [3.05, 3.63) is 46.6 Å². The Kier molecular flexibility index (Phi) is 11.1. The minimum Gasteiger partial charge on any atom is -0.541 e. The summed E-state index contributed by atoms with van der Waals surface area (Å²) >= 11 is 0. The molecule has 0 fully saturated rings. The third kappa shape index (κ3) is 9.58. The number of rotatable bonds is 11. The molecule has 0 amide bonds. The molecular formula is C30H54O3Si2. The maximum absolute atomic E-state index is 6.86. The molecule has 1 aromatic carbocycles. The van der Waals surface area contributed by atoms with Crippen LogP contribution in [0.2, 0.25) is 36.3 Å². The van der Waals surface area contributed by atoms with E-state index in [0.717, 1.165) is 36.3 Å². The average Bonchev–Trinajstić information content (AvgIpc) is 2.69. The van der Waals surface area contributed by atoms with Gasteiger partial charge in [0.15, 0.2) is 14.1 Å². The van der Waals surface area contributed by atoms with Gasteiger partial charge in [-0.05, 0) is 94.0 Å². The molecule has 0 bridgehead atoms. The minimum absolute atomic E-state index is 0.107. The Bertz CT molecular complexity index is 893. The van der Waals surface area contributed by atoms with E-state index in [1.165, 1.54) is 16.7 Å². The highest BCUT2D eigenvalue weighted by Gasteiger charge is 2.40. The number of hydrogen-bond donors (Lipinski definition) is 0. The summed E-state index contributed by atoms with van der Waals surface area (Å²) in [5.74, 6) is 1.72. The molecule has 0 unspecified atom stereocenters. The summed E-state index contributed by atoms with van der Waals surface area (Å²) in [6.07, 6.45) is 7.65. The zero-order valence-corrected chi connectivity index (χ0v) is 27.4. The zero-order chi connectivity index (χ0) is 27.2. The van der Waals surface area contributed by atoms with Crippen molar-refractivity contribution < 1.29 is 13.6 Å². The van der Waals surface area contributed by atoms with Gasteiger partial charge in [0.1, 0.15) is 5.75 Å². The fourth-order valence-electron chi connectivity index (χ4n) is 3.09. The molecule has 0 saturated heterocycles. The van der Waals surface area contributed by atoms with Crippen molar-refractivity contribution >= 4 is 16.6 Å². The quantitative estimate of drug-likeness (QED) is 0.215. The van der Waals surface area contributed by atoms with Crippen LogP contribution >= 0.6 is 0 Å². The van der Waals surface area contributed by atoms with Crippen LogP contribution in [0.25, 0.3) is 0 Å². The van der Waals surface area contributed by atoms with Crippen LogP contribution in [0.3, 0.4) is 0 Å². The molecular weight excluding hydrogens is 464 g/mol. The van der Waals surface area contributed by atoms with Gasteiger partial charge in [0.2, 0.25) is 0 Å². The molecule has 200 valence electrons. The van der Waals surface area contributed by atoms with E-state index in [2.05, 4.69) is 113 Å². The van der Waals surface area contributed by atoms with Gasteiger partial charge in [-0.3, -0.25) is 0 Å². The fraction of sp³-hybridized carbons (Fsp3) is 0.667. The summed E-state index contributed by atoms with van der Waals surface area (Å²) in [7, 11) is -2.14. The lowest BCUT2D eigenvalue weighted by Gasteiger charge is -2.38. The van der Waals surface area contributed by atoms with E-state index >= 15 is 0 Å². The maximum Gasteiger partial charge on any atom is 0.250 e. The van der Waals surface area contributed by atoms with Crippen LogP contribution in [-0.2, 0) is 17.5 Å². The van der Waals surface area contributed by atoms with Gasteiger partial charge in [-0.1, -0.05) is 64.8 Å². The van der Waals surface area contributed by atoms with Gasteiger partial charge in [-0.15, -0.1) is 0 Å². The summed E-state index contributed by atoms with van der Waals surface area (Å²) < 4.78 is 19.3. The molecule has 0 N–H and O–H groups in total. The second-order valence-corrected chi connectivity index (χ2v) is 22.8. The van der Waals surface area contributed by atoms with E-state index in [1.54, 1.807) is 7.11 Å². The Labute approximate surface area is 219 Å². The maximum atomic E-state index is 6.86. The number of hydrogen-bond acceptors (Lipinski definition) is 3. The number of methoxy groups -OCH3 is 1. The SMILES string of the molecule is COc1cc(CO[Si](C)(C)C(C)(C)C)cc(C/C=C(\C)CCC=C(C)C)c1O[Si](C)(C)C(C)(C)C. The lowest BCUT2D eigenvalue weighted by Crippen LogP contribution is -2.44. The number of ether oxygens (including phenoxy) is 1.